The van der Waals surface area contributed by atoms with Gasteiger partial charge in [-0.1, -0.05) is 0 Å². The molecule has 1 amide bonds. The Morgan fingerprint density at radius 2 is 2.33 bits per heavy atom. The molecule has 0 aliphatic carbocycles. The van der Waals surface area contributed by atoms with Crippen molar-refractivity contribution in [3.8, 4) is 0 Å². The molecular formula is C13H18ClFN2O. The molecule has 1 unspecified atom stereocenters. The highest BCUT2D eigenvalue weighted by atomic mass is 35.5. The third kappa shape index (κ3) is 3.96. The van der Waals surface area contributed by atoms with E-state index in [0.717, 1.165) is 19.4 Å². The Morgan fingerprint density at radius 1 is 1.56 bits per heavy atom. The zero-order valence-corrected chi connectivity index (χ0v) is 11.1. The second-order valence-electron chi connectivity index (χ2n) is 4.51. The van der Waals surface area contributed by atoms with E-state index in [4.69, 9.17) is 0 Å². The van der Waals surface area contributed by atoms with Crippen LogP contribution >= 0.6 is 12.4 Å². The Balaban J connectivity index is 0.00000162. The molecule has 1 atom stereocenters. The van der Waals surface area contributed by atoms with Crippen molar-refractivity contribution in [3.63, 3.8) is 0 Å². The molecule has 0 spiro atoms. The lowest BCUT2D eigenvalue weighted by atomic mass is 10.1. The second-order valence-corrected chi connectivity index (χ2v) is 4.51. The lowest BCUT2D eigenvalue weighted by Crippen LogP contribution is -2.27. The van der Waals surface area contributed by atoms with Gasteiger partial charge in [0.2, 0.25) is 5.91 Å². The van der Waals surface area contributed by atoms with Crippen LogP contribution in [0.3, 0.4) is 0 Å². The van der Waals surface area contributed by atoms with E-state index in [1.807, 2.05) is 0 Å². The molecule has 2 rings (SSSR count). The minimum absolute atomic E-state index is 0. The summed E-state index contributed by atoms with van der Waals surface area (Å²) in [4.78, 5) is 11.7. The maximum Gasteiger partial charge on any atom is 0.225 e. The predicted molar refractivity (Wildman–Crippen MR) is 72.7 cm³/mol. The fourth-order valence-corrected chi connectivity index (χ4v) is 2.09. The van der Waals surface area contributed by atoms with Crippen molar-refractivity contribution in [2.75, 3.05) is 11.9 Å². The Kier molecular flexibility index (Phi) is 5.56. The Morgan fingerprint density at radius 3 is 2.94 bits per heavy atom. The average molecular weight is 273 g/mol. The lowest BCUT2D eigenvalue weighted by Gasteiger charge is -2.10. The summed E-state index contributed by atoms with van der Waals surface area (Å²) < 4.78 is 13.0. The van der Waals surface area contributed by atoms with Crippen LogP contribution in [0.4, 0.5) is 10.1 Å². The molecule has 1 aliphatic rings. The van der Waals surface area contributed by atoms with Crippen molar-refractivity contribution < 1.29 is 9.18 Å². The van der Waals surface area contributed by atoms with Gasteiger partial charge in [-0.15, -0.1) is 12.4 Å². The first kappa shape index (κ1) is 14.9. The summed E-state index contributed by atoms with van der Waals surface area (Å²) in [6.45, 7) is 2.68. The minimum Gasteiger partial charge on any atom is -0.326 e. The molecule has 1 aromatic rings. The molecule has 2 N–H and O–H groups in total. The van der Waals surface area contributed by atoms with E-state index in [1.54, 1.807) is 19.1 Å². The molecule has 3 nitrogen and oxygen atoms in total. The summed E-state index contributed by atoms with van der Waals surface area (Å²) in [5, 5.41) is 6.06. The van der Waals surface area contributed by atoms with Gasteiger partial charge in [-0.3, -0.25) is 4.79 Å². The van der Waals surface area contributed by atoms with Gasteiger partial charge in [-0.05, 0) is 50.1 Å². The van der Waals surface area contributed by atoms with Gasteiger partial charge in [0.1, 0.15) is 5.82 Å². The van der Waals surface area contributed by atoms with E-state index < -0.39 is 0 Å². The van der Waals surface area contributed by atoms with E-state index in [0.29, 0.717) is 17.7 Å². The van der Waals surface area contributed by atoms with E-state index in [-0.39, 0.29) is 30.2 Å². The molecule has 100 valence electrons. The third-order valence-corrected chi connectivity index (χ3v) is 3.04. The van der Waals surface area contributed by atoms with Gasteiger partial charge in [0.25, 0.3) is 0 Å². The number of carbonyl (C=O) groups is 1. The highest BCUT2D eigenvalue weighted by molar-refractivity contribution is 5.91. The summed E-state index contributed by atoms with van der Waals surface area (Å²) in [5.74, 6) is -0.268. The predicted octanol–water partition coefficient (Wildman–Crippen LogP) is 2.64. The van der Waals surface area contributed by atoms with Crippen LogP contribution in [0, 0.1) is 12.7 Å². The second kappa shape index (κ2) is 6.71. The van der Waals surface area contributed by atoms with Gasteiger partial charge in [0.15, 0.2) is 0 Å². The third-order valence-electron chi connectivity index (χ3n) is 3.04. The first-order valence-electron chi connectivity index (χ1n) is 5.94. The van der Waals surface area contributed by atoms with Crippen LogP contribution in [0.25, 0.3) is 0 Å². The quantitative estimate of drug-likeness (QED) is 0.888. The standard InChI is InChI=1S/C13H17FN2O.ClH/c1-9-7-11(4-5-12(9)14)16-13(17)8-10-3-2-6-15-10;/h4-5,7,10,15H,2-3,6,8H2,1H3,(H,16,17);1H. The topological polar surface area (TPSA) is 41.1 Å². The SMILES string of the molecule is Cc1cc(NC(=O)CC2CCCN2)ccc1F.Cl. The first-order valence-corrected chi connectivity index (χ1v) is 5.94. The minimum atomic E-state index is -0.250. The van der Waals surface area contributed by atoms with Crippen molar-refractivity contribution in [1.29, 1.82) is 0 Å². The van der Waals surface area contributed by atoms with Gasteiger partial charge in [0, 0.05) is 18.2 Å². The van der Waals surface area contributed by atoms with Gasteiger partial charge in [-0.25, -0.2) is 4.39 Å². The molecule has 1 saturated heterocycles. The van der Waals surface area contributed by atoms with Gasteiger partial charge < -0.3 is 10.6 Å². The van der Waals surface area contributed by atoms with Crippen LogP contribution in [0.1, 0.15) is 24.8 Å². The summed E-state index contributed by atoms with van der Waals surface area (Å²) in [6, 6.07) is 4.90. The number of carbonyl (C=O) groups excluding carboxylic acids is 1. The van der Waals surface area contributed by atoms with E-state index in [9.17, 15) is 9.18 Å². The highest BCUT2D eigenvalue weighted by Gasteiger charge is 2.17. The molecule has 1 aliphatic heterocycles. The number of benzene rings is 1. The van der Waals surface area contributed by atoms with Gasteiger partial charge in [-0.2, -0.15) is 0 Å². The number of amides is 1. The monoisotopic (exact) mass is 272 g/mol. The van der Waals surface area contributed by atoms with E-state index >= 15 is 0 Å². The molecular weight excluding hydrogens is 255 g/mol. The lowest BCUT2D eigenvalue weighted by molar-refractivity contribution is -0.116. The van der Waals surface area contributed by atoms with Crippen LogP contribution in [-0.2, 0) is 4.79 Å². The molecule has 0 aromatic heterocycles. The number of hydrogen-bond acceptors (Lipinski definition) is 2. The smallest absolute Gasteiger partial charge is 0.225 e. The number of nitrogens with one attached hydrogen (secondary N) is 2. The zero-order chi connectivity index (χ0) is 12.3. The molecule has 1 heterocycles. The van der Waals surface area contributed by atoms with Crippen molar-refractivity contribution in [2.45, 2.75) is 32.2 Å². The number of halogens is 2. The number of aryl methyl sites for hydroxylation is 1. The van der Waals surface area contributed by atoms with Crippen LogP contribution in [0.5, 0.6) is 0 Å². The Labute approximate surface area is 113 Å². The maximum absolute atomic E-state index is 13.0. The zero-order valence-electron chi connectivity index (χ0n) is 10.3. The normalized spacial score (nSPS) is 18.2. The largest absolute Gasteiger partial charge is 0.326 e. The van der Waals surface area contributed by atoms with Gasteiger partial charge >= 0.3 is 0 Å². The maximum atomic E-state index is 13.0. The van der Waals surface area contributed by atoms with Gasteiger partial charge in [0.05, 0.1) is 0 Å². The van der Waals surface area contributed by atoms with Crippen LogP contribution in [0.15, 0.2) is 18.2 Å². The van der Waals surface area contributed by atoms with Crippen molar-refractivity contribution >= 4 is 24.0 Å². The summed E-state index contributed by atoms with van der Waals surface area (Å²) in [6.07, 6.45) is 2.67. The molecule has 0 saturated carbocycles. The number of hydrogen-bond donors (Lipinski definition) is 2. The van der Waals surface area contributed by atoms with E-state index in [1.165, 1.54) is 6.07 Å². The summed E-state index contributed by atoms with van der Waals surface area (Å²) in [7, 11) is 0. The molecule has 0 radical (unpaired) electrons. The Hall–Kier alpha value is -1.13. The van der Waals surface area contributed by atoms with Crippen LogP contribution in [0.2, 0.25) is 0 Å². The van der Waals surface area contributed by atoms with Crippen molar-refractivity contribution in [2.24, 2.45) is 0 Å². The molecule has 5 heteroatoms. The highest BCUT2D eigenvalue weighted by Crippen LogP contribution is 2.15. The molecule has 0 bridgehead atoms. The Bertz CT molecular complexity index is 419. The summed E-state index contributed by atoms with van der Waals surface area (Å²) in [5.41, 5.74) is 1.20. The average Bonchev–Trinajstić information content (AvgIpc) is 2.76. The number of rotatable bonds is 3. The molecule has 1 fully saturated rings. The molecule has 1 aromatic carbocycles. The fourth-order valence-electron chi connectivity index (χ4n) is 2.09. The van der Waals surface area contributed by atoms with Crippen molar-refractivity contribution in [1.82, 2.24) is 5.32 Å². The van der Waals surface area contributed by atoms with E-state index in [2.05, 4.69) is 10.6 Å². The number of anilines is 1. The first-order chi connectivity index (χ1) is 8.15. The summed E-state index contributed by atoms with van der Waals surface area (Å²) >= 11 is 0. The molecule has 18 heavy (non-hydrogen) atoms. The van der Waals surface area contributed by atoms with Crippen LogP contribution < -0.4 is 10.6 Å². The van der Waals surface area contributed by atoms with Crippen LogP contribution in [-0.4, -0.2) is 18.5 Å². The fraction of sp³-hybridized carbons (Fsp3) is 0.462. The van der Waals surface area contributed by atoms with Crippen molar-refractivity contribution in [3.05, 3.63) is 29.6 Å².